The summed E-state index contributed by atoms with van der Waals surface area (Å²) in [7, 11) is 1.56. The van der Waals surface area contributed by atoms with Crippen molar-refractivity contribution in [2.75, 3.05) is 12.4 Å². The Morgan fingerprint density at radius 2 is 1.75 bits per heavy atom. The number of likely N-dealkylation sites (N-methyl/N-ethyl adjacent to an activating group) is 1. The summed E-state index contributed by atoms with van der Waals surface area (Å²) >= 11 is 0. The van der Waals surface area contributed by atoms with Crippen LogP contribution in [-0.4, -0.2) is 36.5 Å². The molecule has 0 bridgehead atoms. The predicted molar refractivity (Wildman–Crippen MR) is 93.7 cm³/mol. The molecule has 132 valence electrons. The summed E-state index contributed by atoms with van der Waals surface area (Å²) in [5, 5.41) is 10.6. The molecule has 4 N–H and O–H groups in total. The van der Waals surface area contributed by atoms with Crippen LogP contribution in [0.3, 0.4) is 0 Å². The first kappa shape index (κ1) is 19.5. The molecule has 0 aliphatic heterocycles. The molecule has 7 nitrogen and oxygen atoms in total. The van der Waals surface area contributed by atoms with Crippen molar-refractivity contribution in [2.45, 2.75) is 45.7 Å². The van der Waals surface area contributed by atoms with Gasteiger partial charge in [-0.1, -0.05) is 18.2 Å². The van der Waals surface area contributed by atoms with E-state index < -0.39 is 12.1 Å². The summed E-state index contributed by atoms with van der Waals surface area (Å²) < 4.78 is 0. The van der Waals surface area contributed by atoms with Gasteiger partial charge in [0.2, 0.25) is 11.8 Å². The lowest BCUT2D eigenvalue weighted by Gasteiger charge is -2.23. The van der Waals surface area contributed by atoms with Crippen LogP contribution in [0.5, 0.6) is 0 Å². The summed E-state index contributed by atoms with van der Waals surface area (Å²) in [4.78, 5) is 35.6. The van der Waals surface area contributed by atoms with E-state index in [4.69, 9.17) is 0 Å². The molecular formula is C17H26N4O3. The lowest BCUT2D eigenvalue weighted by molar-refractivity contribution is -0.124. The van der Waals surface area contributed by atoms with Crippen molar-refractivity contribution < 1.29 is 14.4 Å². The molecule has 0 aliphatic rings. The van der Waals surface area contributed by atoms with Gasteiger partial charge in [0.05, 0.1) is 6.42 Å². The molecule has 0 spiro atoms. The highest BCUT2D eigenvalue weighted by atomic mass is 16.2. The second kappa shape index (κ2) is 8.33. The SMILES string of the molecule is CNC(=O)Cc1ccccc1NC(=O)N[C@H](C)C(=O)NC(C)(C)C. The van der Waals surface area contributed by atoms with Crippen molar-refractivity contribution in [3.63, 3.8) is 0 Å². The molecule has 0 saturated heterocycles. The van der Waals surface area contributed by atoms with E-state index in [0.717, 1.165) is 0 Å². The van der Waals surface area contributed by atoms with E-state index in [9.17, 15) is 14.4 Å². The molecule has 7 heteroatoms. The maximum Gasteiger partial charge on any atom is 0.319 e. The summed E-state index contributed by atoms with van der Waals surface area (Å²) in [6.45, 7) is 7.21. The van der Waals surface area contributed by atoms with Gasteiger partial charge in [0.15, 0.2) is 0 Å². The van der Waals surface area contributed by atoms with E-state index in [-0.39, 0.29) is 23.8 Å². The van der Waals surface area contributed by atoms with E-state index in [1.165, 1.54) is 0 Å². The van der Waals surface area contributed by atoms with Gasteiger partial charge in [-0.05, 0) is 39.3 Å². The quantitative estimate of drug-likeness (QED) is 0.655. The standard InChI is InChI=1S/C17H26N4O3/c1-11(15(23)21-17(2,3)4)19-16(24)20-13-9-7-6-8-12(13)10-14(22)18-5/h6-9,11H,10H2,1-5H3,(H,18,22)(H,21,23)(H2,19,20,24)/t11-/m1/s1. The first-order valence-electron chi connectivity index (χ1n) is 7.80. The predicted octanol–water partition coefficient (Wildman–Crippen LogP) is 1.40. The number of urea groups is 1. The largest absolute Gasteiger partial charge is 0.359 e. The number of benzene rings is 1. The number of nitrogens with one attached hydrogen (secondary N) is 4. The minimum Gasteiger partial charge on any atom is -0.359 e. The zero-order valence-corrected chi connectivity index (χ0v) is 14.8. The molecule has 0 aliphatic carbocycles. The Morgan fingerprint density at radius 1 is 1.12 bits per heavy atom. The molecule has 1 aromatic rings. The summed E-state index contributed by atoms with van der Waals surface area (Å²) in [6.07, 6.45) is 0.160. The molecule has 1 rings (SSSR count). The van der Waals surface area contributed by atoms with Gasteiger partial charge in [-0.3, -0.25) is 9.59 Å². The zero-order chi connectivity index (χ0) is 18.3. The Labute approximate surface area is 142 Å². The van der Waals surface area contributed by atoms with E-state index in [1.807, 2.05) is 20.8 Å². The highest BCUT2D eigenvalue weighted by molar-refractivity contribution is 5.94. The number of hydrogen-bond acceptors (Lipinski definition) is 3. The smallest absolute Gasteiger partial charge is 0.319 e. The summed E-state index contributed by atoms with van der Waals surface area (Å²) in [5.41, 5.74) is 0.852. The van der Waals surface area contributed by atoms with Gasteiger partial charge in [-0.25, -0.2) is 4.79 Å². The number of hydrogen-bond donors (Lipinski definition) is 4. The molecule has 24 heavy (non-hydrogen) atoms. The van der Waals surface area contributed by atoms with E-state index in [2.05, 4.69) is 21.3 Å². The lowest BCUT2D eigenvalue weighted by Crippen LogP contribution is -2.51. The number of carbonyl (C=O) groups is 3. The van der Waals surface area contributed by atoms with Crippen LogP contribution in [0.1, 0.15) is 33.3 Å². The van der Waals surface area contributed by atoms with Crippen molar-refractivity contribution in [1.29, 1.82) is 0 Å². The van der Waals surface area contributed by atoms with Gasteiger partial charge < -0.3 is 21.3 Å². The van der Waals surface area contributed by atoms with Crippen molar-refractivity contribution in [1.82, 2.24) is 16.0 Å². The lowest BCUT2D eigenvalue weighted by atomic mass is 10.1. The van der Waals surface area contributed by atoms with Crippen LogP contribution < -0.4 is 21.3 Å². The topological polar surface area (TPSA) is 99.3 Å². The molecule has 0 unspecified atom stereocenters. The summed E-state index contributed by atoms with van der Waals surface area (Å²) in [5.74, 6) is -0.418. The monoisotopic (exact) mass is 334 g/mol. The Bertz CT molecular complexity index is 608. The number of anilines is 1. The molecule has 0 heterocycles. The van der Waals surface area contributed by atoms with Crippen molar-refractivity contribution >= 4 is 23.5 Å². The average Bonchev–Trinajstić information content (AvgIpc) is 2.47. The highest BCUT2D eigenvalue weighted by Crippen LogP contribution is 2.15. The molecule has 0 fully saturated rings. The van der Waals surface area contributed by atoms with Crippen LogP contribution in [0.2, 0.25) is 0 Å². The molecular weight excluding hydrogens is 308 g/mol. The van der Waals surface area contributed by atoms with Crippen LogP contribution in [-0.2, 0) is 16.0 Å². The Balaban J connectivity index is 2.68. The molecule has 1 aromatic carbocycles. The summed E-state index contributed by atoms with van der Waals surface area (Å²) in [6, 6.07) is 5.84. The van der Waals surface area contributed by atoms with Crippen LogP contribution in [0.4, 0.5) is 10.5 Å². The van der Waals surface area contributed by atoms with Gasteiger partial charge in [0.25, 0.3) is 0 Å². The first-order valence-corrected chi connectivity index (χ1v) is 7.80. The molecule has 1 atom stereocenters. The maximum absolute atomic E-state index is 12.1. The molecule has 0 aromatic heterocycles. The van der Waals surface area contributed by atoms with Gasteiger partial charge in [0.1, 0.15) is 6.04 Å². The van der Waals surface area contributed by atoms with Gasteiger partial charge in [0, 0.05) is 18.3 Å². The average molecular weight is 334 g/mol. The minimum absolute atomic E-state index is 0.150. The fourth-order valence-corrected chi connectivity index (χ4v) is 1.96. The third-order valence-corrected chi connectivity index (χ3v) is 3.13. The van der Waals surface area contributed by atoms with Gasteiger partial charge in [-0.15, -0.1) is 0 Å². The van der Waals surface area contributed by atoms with Crippen LogP contribution in [0.25, 0.3) is 0 Å². The Kier molecular flexibility index (Phi) is 6.76. The normalized spacial score (nSPS) is 12.0. The first-order chi connectivity index (χ1) is 11.1. The van der Waals surface area contributed by atoms with Crippen molar-refractivity contribution in [3.8, 4) is 0 Å². The molecule has 4 amide bonds. The minimum atomic E-state index is -0.685. The van der Waals surface area contributed by atoms with Crippen molar-refractivity contribution in [2.24, 2.45) is 0 Å². The third kappa shape index (κ3) is 6.68. The highest BCUT2D eigenvalue weighted by Gasteiger charge is 2.21. The van der Waals surface area contributed by atoms with Crippen LogP contribution >= 0.6 is 0 Å². The number of para-hydroxylation sites is 1. The van der Waals surface area contributed by atoms with E-state index in [1.54, 1.807) is 38.2 Å². The van der Waals surface area contributed by atoms with E-state index >= 15 is 0 Å². The Hall–Kier alpha value is -2.57. The van der Waals surface area contributed by atoms with Gasteiger partial charge >= 0.3 is 6.03 Å². The van der Waals surface area contributed by atoms with E-state index in [0.29, 0.717) is 11.3 Å². The van der Waals surface area contributed by atoms with Gasteiger partial charge in [-0.2, -0.15) is 0 Å². The number of rotatable bonds is 5. The second-order valence-electron chi connectivity index (χ2n) is 6.57. The maximum atomic E-state index is 12.1. The molecule has 0 radical (unpaired) electrons. The Morgan fingerprint density at radius 3 is 2.33 bits per heavy atom. The second-order valence-corrected chi connectivity index (χ2v) is 6.57. The molecule has 0 saturated carbocycles. The van der Waals surface area contributed by atoms with Crippen molar-refractivity contribution in [3.05, 3.63) is 29.8 Å². The third-order valence-electron chi connectivity index (χ3n) is 3.13. The fourth-order valence-electron chi connectivity index (χ4n) is 1.96. The number of amides is 4. The van der Waals surface area contributed by atoms with Crippen LogP contribution in [0, 0.1) is 0 Å². The fraction of sp³-hybridized carbons (Fsp3) is 0.471. The zero-order valence-electron chi connectivity index (χ0n) is 14.8. The number of carbonyl (C=O) groups excluding carboxylic acids is 3. The van der Waals surface area contributed by atoms with Crippen LogP contribution in [0.15, 0.2) is 24.3 Å².